The molecule has 0 heterocycles. The van der Waals surface area contributed by atoms with Crippen molar-refractivity contribution >= 4 is 61.8 Å². The second kappa shape index (κ2) is 16.7. The fourth-order valence-electron chi connectivity index (χ4n) is 6.73. The minimum atomic E-state index is -4.09. The van der Waals surface area contributed by atoms with E-state index in [9.17, 15) is 0 Å². The molecule has 6 aromatic carbocycles. The Labute approximate surface area is 323 Å². The maximum absolute atomic E-state index is 8.88. The summed E-state index contributed by atoms with van der Waals surface area (Å²) in [6, 6.07) is 49.7. The van der Waals surface area contributed by atoms with Gasteiger partial charge >= 0.3 is 325 Å². The first kappa shape index (κ1) is 38.9. The summed E-state index contributed by atoms with van der Waals surface area (Å²) in [6.07, 6.45) is 0. The molecule has 0 aliphatic carbocycles. The van der Waals surface area contributed by atoms with Crippen molar-refractivity contribution in [1.29, 1.82) is 0 Å². The first-order valence-corrected chi connectivity index (χ1v) is 29.0. The first-order chi connectivity index (χ1) is 25.7. The second-order valence-electron chi connectivity index (χ2n) is 12.0. The molecule has 0 aromatic heterocycles. The van der Waals surface area contributed by atoms with Gasteiger partial charge < -0.3 is 0 Å². The molecule has 0 bridgehead atoms. The van der Waals surface area contributed by atoms with Gasteiger partial charge in [-0.05, 0) is 0 Å². The molecule has 0 saturated carbocycles. The van der Waals surface area contributed by atoms with Gasteiger partial charge in [0, 0.05) is 0 Å². The summed E-state index contributed by atoms with van der Waals surface area (Å²) in [7, 11) is 27.8. The van der Waals surface area contributed by atoms with E-state index >= 15 is 0 Å². The topological polar surface area (TPSA) is 55.4 Å². The van der Waals surface area contributed by atoms with Crippen molar-refractivity contribution in [3.05, 3.63) is 146 Å². The molecule has 0 aliphatic heterocycles. The van der Waals surface area contributed by atoms with Crippen LogP contribution in [0.5, 0.6) is 34.5 Å². The predicted octanol–water partition coefficient (Wildman–Crippen LogP) is 7.78. The van der Waals surface area contributed by atoms with Crippen molar-refractivity contribution in [1.82, 2.24) is 0 Å². The first-order valence-electron chi connectivity index (χ1n) is 16.7. The number of rotatable bonds is 14. The summed E-state index contributed by atoms with van der Waals surface area (Å²) >= 11 is -4.09. The number of methoxy groups -OCH3 is 6. The third-order valence-corrected chi connectivity index (χ3v) is 55.2. The van der Waals surface area contributed by atoms with Crippen LogP contribution in [0.2, 0.25) is 0 Å². The molecule has 0 aliphatic rings. The van der Waals surface area contributed by atoms with Gasteiger partial charge in [-0.3, -0.25) is 0 Å². The van der Waals surface area contributed by atoms with Crippen molar-refractivity contribution in [2.75, 3.05) is 42.7 Å². The molecule has 0 radical (unpaired) electrons. The van der Waals surface area contributed by atoms with Crippen molar-refractivity contribution in [3.8, 4) is 34.5 Å². The Hall–Kier alpha value is -3.78. The zero-order valence-corrected chi connectivity index (χ0v) is 35.4. The molecule has 0 saturated heterocycles. The molecule has 0 unspecified atom stereocenters. The molecule has 282 valence electrons. The second-order valence-corrected chi connectivity index (χ2v) is 43.8. The Morgan fingerprint density at radius 2 is 0.415 bits per heavy atom. The molecule has 0 amide bonds. The fraction of sp³-hybridized carbons (Fsp3) is 0.143. The van der Waals surface area contributed by atoms with E-state index < -0.39 is 23.4 Å². The average Bonchev–Trinajstić information content (AvgIpc) is 3.22. The number of hydrogen-bond acceptors (Lipinski definition) is 6. The van der Waals surface area contributed by atoms with E-state index in [-0.39, 0.29) is 0 Å². The normalized spacial score (nSPS) is 12.7. The molecule has 0 fully saturated rings. The number of halogens is 2. The Kier molecular flexibility index (Phi) is 12.3. The van der Waals surface area contributed by atoms with Gasteiger partial charge in [-0.2, -0.15) is 0 Å². The van der Waals surface area contributed by atoms with Gasteiger partial charge in [0.15, 0.2) is 0 Å². The van der Waals surface area contributed by atoms with Gasteiger partial charge in [0.05, 0.1) is 0 Å². The Morgan fingerprint density at radius 1 is 0.283 bits per heavy atom. The SMILES string of the molecule is COc1ccc([PH](c2ccc(OC)cc2)(c2ccc(OC)cc2)[Pd]([Cl])([Cl])[PH](c2ccc(OC)cc2)(c2ccc(OC)cc2)c2ccc(OC)cc2)cc1. The predicted molar refractivity (Wildman–Crippen MR) is 224 cm³/mol. The van der Waals surface area contributed by atoms with Crippen LogP contribution in [0.25, 0.3) is 0 Å². The van der Waals surface area contributed by atoms with E-state index in [0.717, 1.165) is 66.3 Å². The molecule has 6 rings (SSSR count). The summed E-state index contributed by atoms with van der Waals surface area (Å²) in [5.74, 6) is 4.43. The molecule has 0 atom stereocenters. The quantitative estimate of drug-likeness (QED) is 0.0824. The molecular weight excluding hydrogens is 840 g/mol. The zero-order chi connectivity index (χ0) is 37.6. The summed E-state index contributed by atoms with van der Waals surface area (Å²) in [5, 5.41) is 6.35. The van der Waals surface area contributed by atoms with E-state index in [4.69, 9.17) is 47.5 Å². The molecular formula is C42H44Cl2O6P2Pd. The third kappa shape index (κ3) is 6.90. The Bertz CT molecular complexity index is 1710. The van der Waals surface area contributed by atoms with Gasteiger partial charge in [-0.25, -0.2) is 0 Å². The number of ether oxygens (including phenoxy) is 6. The Balaban J connectivity index is 1.86. The van der Waals surface area contributed by atoms with Crippen LogP contribution in [0.1, 0.15) is 0 Å². The summed E-state index contributed by atoms with van der Waals surface area (Å²) < 4.78 is 34.1. The fourth-order valence-corrected chi connectivity index (χ4v) is 62.3. The van der Waals surface area contributed by atoms with Crippen LogP contribution in [-0.4, -0.2) is 42.7 Å². The number of hydrogen-bond donors (Lipinski definition) is 0. The van der Waals surface area contributed by atoms with Crippen LogP contribution in [0.4, 0.5) is 0 Å². The van der Waals surface area contributed by atoms with Crippen molar-refractivity contribution in [2.45, 2.75) is 0 Å². The van der Waals surface area contributed by atoms with Crippen LogP contribution in [0, 0.1) is 0 Å². The van der Waals surface area contributed by atoms with Crippen LogP contribution >= 0.6 is 30.0 Å². The molecule has 0 spiro atoms. The van der Waals surface area contributed by atoms with Crippen LogP contribution in [-0.2, 0) is 12.5 Å². The van der Waals surface area contributed by atoms with Gasteiger partial charge in [-0.15, -0.1) is 0 Å². The molecule has 11 heteroatoms. The van der Waals surface area contributed by atoms with E-state index in [2.05, 4.69) is 72.8 Å². The third-order valence-electron chi connectivity index (χ3n) is 9.42. The van der Waals surface area contributed by atoms with Crippen molar-refractivity contribution < 1.29 is 40.9 Å². The molecule has 6 nitrogen and oxygen atoms in total. The molecule has 53 heavy (non-hydrogen) atoms. The van der Waals surface area contributed by atoms with Gasteiger partial charge in [0.1, 0.15) is 0 Å². The van der Waals surface area contributed by atoms with E-state index in [1.54, 1.807) is 42.7 Å². The monoisotopic (exact) mass is 882 g/mol. The maximum atomic E-state index is 8.88. The summed E-state index contributed by atoms with van der Waals surface area (Å²) in [4.78, 5) is 0. The van der Waals surface area contributed by atoms with Crippen LogP contribution in [0.15, 0.2) is 146 Å². The van der Waals surface area contributed by atoms with Crippen molar-refractivity contribution in [2.24, 2.45) is 0 Å². The van der Waals surface area contributed by atoms with Crippen LogP contribution in [0.3, 0.4) is 0 Å². The zero-order valence-electron chi connectivity index (χ0n) is 30.4. The van der Waals surface area contributed by atoms with E-state index in [1.165, 1.54) is 0 Å². The molecule has 0 N–H and O–H groups in total. The minimum absolute atomic E-state index is 0.739. The van der Waals surface area contributed by atoms with Gasteiger partial charge in [0.25, 0.3) is 0 Å². The average molecular weight is 884 g/mol. The number of benzene rings is 6. The Morgan fingerprint density at radius 3 is 0.528 bits per heavy atom. The van der Waals surface area contributed by atoms with E-state index in [0.29, 0.717) is 0 Å². The molecule has 6 aromatic rings. The van der Waals surface area contributed by atoms with Crippen molar-refractivity contribution in [3.63, 3.8) is 0 Å². The van der Waals surface area contributed by atoms with Crippen LogP contribution < -0.4 is 60.2 Å². The summed E-state index contributed by atoms with van der Waals surface area (Å²) in [6.45, 7) is 0. The van der Waals surface area contributed by atoms with E-state index in [1.807, 2.05) is 72.8 Å². The standard InChI is InChI=1S/2C21H21O3P.2ClH.Pd/c2*1-22-16-4-10-19(11-5-16)25(20-12-6-17(23-2)7-13-20)21-14-8-18(24-3)9-15-21;;;/h2*4-15H,1-3H3;2*1H;. The van der Waals surface area contributed by atoms with Gasteiger partial charge in [-0.1, -0.05) is 0 Å². The van der Waals surface area contributed by atoms with Gasteiger partial charge in [0.2, 0.25) is 0 Å². The summed E-state index contributed by atoms with van der Waals surface area (Å²) in [5.41, 5.74) is -7.05.